The van der Waals surface area contributed by atoms with E-state index in [-0.39, 0.29) is 25.7 Å². The summed E-state index contributed by atoms with van der Waals surface area (Å²) in [4.78, 5) is 72.4. The number of phosphoric ester groups is 2. The third-order valence-electron chi connectivity index (χ3n) is 18.4. The average molecular weight is 1400 g/mol. The van der Waals surface area contributed by atoms with Gasteiger partial charge in [0.05, 0.1) is 26.4 Å². The third kappa shape index (κ3) is 67.6. The van der Waals surface area contributed by atoms with Gasteiger partial charge in [0.2, 0.25) is 0 Å². The minimum atomic E-state index is -4.96. The quantitative estimate of drug-likeness (QED) is 0.0222. The first-order valence-electron chi connectivity index (χ1n) is 39.4. The van der Waals surface area contributed by atoms with Crippen molar-refractivity contribution in [2.45, 2.75) is 407 Å². The summed E-state index contributed by atoms with van der Waals surface area (Å²) < 4.78 is 68.2. The highest BCUT2D eigenvalue weighted by Gasteiger charge is 2.30. The zero-order valence-corrected chi connectivity index (χ0v) is 63.9. The van der Waals surface area contributed by atoms with Crippen LogP contribution in [0.15, 0.2) is 0 Å². The molecule has 0 saturated heterocycles. The summed E-state index contributed by atoms with van der Waals surface area (Å²) in [6.45, 7) is 11.9. The molecule has 0 amide bonds. The Bertz CT molecular complexity index is 1860. The van der Waals surface area contributed by atoms with Crippen LogP contribution in [0.25, 0.3) is 0 Å². The van der Waals surface area contributed by atoms with Crippen molar-refractivity contribution in [2.24, 2.45) is 17.8 Å². The van der Waals surface area contributed by atoms with E-state index in [0.29, 0.717) is 31.6 Å². The van der Waals surface area contributed by atoms with Crippen molar-refractivity contribution in [1.82, 2.24) is 0 Å². The van der Waals surface area contributed by atoms with E-state index in [1.54, 1.807) is 0 Å². The first-order chi connectivity index (χ1) is 45.8. The summed E-state index contributed by atoms with van der Waals surface area (Å²) in [5.74, 6) is 0.285. The van der Waals surface area contributed by atoms with E-state index in [1.165, 1.54) is 193 Å². The molecule has 95 heavy (non-hydrogen) atoms. The first-order valence-corrected chi connectivity index (χ1v) is 42.4. The normalized spacial score (nSPS) is 14.6. The summed E-state index contributed by atoms with van der Waals surface area (Å²) >= 11 is 0. The molecular weight excluding hydrogens is 1250 g/mol. The Labute approximate surface area is 581 Å². The summed E-state index contributed by atoms with van der Waals surface area (Å²) in [6.07, 6.45) is 53.3. The Morgan fingerprint density at radius 3 is 0.800 bits per heavy atom. The van der Waals surface area contributed by atoms with Crippen LogP contribution in [0.5, 0.6) is 0 Å². The van der Waals surface area contributed by atoms with Crippen molar-refractivity contribution < 1.29 is 80.2 Å². The highest BCUT2D eigenvalue weighted by Crippen LogP contribution is 2.45. The Morgan fingerprint density at radius 1 is 0.305 bits per heavy atom. The lowest BCUT2D eigenvalue weighted by molar-refractivity contribution is -0.161. The van der Waals surface area contributed by atoms with Crippen LogP contribution in [0.4, 0.5) is 0 Å². The molecule has 0 aromatic heterocycles. The van der Waals surface area contributed by atoms with Gasteiger partial charge in [-0.05, 0) is 43.4 Å². The third-order valence-corrected chi connectivity index (χ3v) is 20.3. The monoisotopic (exact) mass is 1400 g/mol. The molecule has 0 aliphatic rings. The van der Waals surface area contributed by atoms with E-state index in [2.05, 4.69) is 48.5 Å². The SMILES string of the molecule is CCCCCCCC(=O)OC[C@H](COP(=O)(O)OC[C@H](O)COP(=O)(O)OC[C@@H](COC(=O)CCCCCCCCCCCCCCCCC(C)CC)OC(=O)CCCCCCCCCCCCCCCCCCCCC(C)CC)OC(=O)CCCCCCCCCC(C)C. The molecule has 0 aliphatic carbocycles. The second-order valence-corrected chi connectivity index (χ2v) is 31.3. The minimum Gasteiger partial charge on any atom is -0.462 e. The molecule has 0 rings (SSSR count). The standard InChI is InChI=1S/C76H148O17P2/c1-8-11-12-40-50-57-73(78)86-63-71(92-76(81)60-53-46-39-33-34-41-47-54-67(4)5)65-90-94(82,83)88-61-70(77)62-89-95(84,85)91-66-72(64-87-74(79)58-51-44-37-31-27-23-20-19-22-26-30-36-43-49-56-69(7)10-3)93-75(80)59-52-45-38-32-28-24-18-16-14-13-15-17-21-25-29-35-42-48-55-68(6)9-2/h67-72,77H,8-66H2,1-7H3,(H,82,83)(H,84,85)/t68?,69?,70-,71+,72+/m0/s1. The van der Waals surface area contributed by atoms with Gasteiger partial charge in [0.1, 0.15) is 19.3 Å². The fraction of sp³-hybridized carbons (Fsp3) is 0.947. The predicted octanol–water partition coefficient (Wildman–Crippen LogP) is 22.2. The number of phosphoric acid groups is 2. The molecule has 0 aromatic rings. The van der Waals surface area contributed by atoms with E-state index in [0.717, 1.165) is 108 Å². The van der Waals surface area contributed by atoms with Gasteiger partial charge < -0.3 is 33.8 Å². The molecule has 3 N–H and O–H groups in total. The van der Waals surface area contributed by atoms with Gasteiger partial charge in [-0.15, -0.1) is 0 Å². The number of aliphatic hydroxyl groups excluding tert-OH is 1. The van der Waals surface area contributed by atoms with Crippen molar-refractivity contribution >= 4 is 39.5 Å². The Balaban J connectivity index is 5.11. The van der Waals surface area contributed by atoms with Crippen LogP contribution in [-0.4, -0.2) is 96.7 Å². The number of rotatable bonds is 74. The average Bonchev–Trinajstić information content (AvgIpc) is 2.41. The topological polar surface area (TPSA) is 237 Å². The van der Waals surface area contributed by atoms with Crippen molar-refractivity contribution in [1.29, 1.82) is 0 Å². The van der Waals surface area contributed by atoms with Gasteiger partial charge in [0.25, 0.3) is 0 Å². The molecule has 0 saturated carbocycles. The number of hydrogen-bond acceptors (Lipinski definition) is 15. The Kier molecular flexibility index (Phi) is 65.2. The van der Waals surface area contributed by atoms with Crippen LogP contribution < -0.4 is 0 Å². The molecular formula is C76H148O17P2. The molecule has 564 valence electrons. The Morgan fingerprint density at radius 2 is 0.537 bits per heavy atom. The molecule has 7 atom stereocenters. The van der Waals surface area contributed by atoms with Gasteiger partial charge in [0.15, 0.2) is 12.2 Å². The fourth-order valence-corrected chi connectivity index (χ4v) is 13.1. The lowest BCUT2D eigenvalue weighted by atomic mass is 9.99. The van der Waals surface area contributed by atoms with Crippen LogP contribution in [0.2, 0.25) is 0 Å². The molecule has 0 aliphatic heterocycles. The lowest BCUT2D eigenvalue weighted by Crippen LogP contribution is -2.30. The van der Waals surface area contributed by atoms with Crippen molar-refractivity contribution in [2.75, 3.05) is 39.6 Å². The van der Waals surface area contributed by atoms with Crippen LogP contribution in [-0.2, 0) is 65.4 Å². The van der Waals surface area contributed by atoms with Crippen molar-refractivity contribution in [3.05, 3.63) is 0 Å². The zero-order valence-electron chi connectivity index (χ0n) is 62.1. The number of unbranched alkanes of at least 4 members (excludes halogenated alkanes) is 40. The maximum absolute atomic E-state index is 13.1. The number of ether oxygens (including phenoxy) is 4. The van der Waals surface area contributed by atoms with E-state index in [4.69, 9.17) is 37.0 Å². The number of carbonyl (C=O) groups is 4. The van der Waals surface area contributed by atoms with Crippen LogP contribution in [0.3, 0.4) is 0 Å². The fourth-order valence-electron chi connectivity index (χ4n) is 11.5. The lowest BCUT2D eigenvalue weighted by Gasteiger charge is -2.21. The van der Waals surface area contributed by atoms with Crippen LogP contribution in [0, 0.1) is 17.8 Å². The molecule has 4 unspecified atom stereocenters. The van der Waals surface area contributed by atoms with E-state index >= 15 is 0 Å². The van der Waals surface area contributed by atoms with Crippen molar-refractivity contribution in [3.63, 3.8) is 0 Å². The molecule has 19 heteroatoms. The largest absolute Gasteiger partial charge is 0.472 e. The van der Waals surface area contributed by atoms with Crippen LogP contribution in [0.1, 0.15) is 389 Å². The Hall–Kier alpha value is -1.94. The zero-order chi connectivity index (χ0) is 70.1. The van der Waals surface area contributed by atoms with Crippen molar-refractivity contribution in [3.8, 4) is 0 Å². The molecule has 0 aromatic carbocycles. The van der Waals surface area contributed by atoms with Gasteiger partial charge in [-0.3, -0.25) is 37.3 Å². The van der Waals surface area contributed by atoms with E-state index < -0.39 is 97.5 Å². The van der Waals surface area contributed by atoms with Gasteiger partial charge in [0, 0.05) is 25.7 Å². The minimum absolute atomic E-state index is 0.102. The second kappa shape index (κ2) is 66.6. The molecule has 0 bridgehead atoms. The summed E-state index contributed by atoms with van der Waals surface area (Å²) in [5, 5.41) is 10.6. The summed E-state index contributed by atoms with van der Waals surface area (Å²) in [6, 6.07) is 0. The molecule has 0 fully saturated rings. The number of aliphatic hydroxyl groups is 1. The summed E-state index contributed by atoms with van der Waals surface area (Å²) in [5.41, 5.74) is 0. The molecule has 17 nitrogen and oxygen atoms in total. The highest BCUT2D eigenvalue weighted by atomic mass is 31.2. The predicted molar refractivity (Wildman–Crippen MR) is 386 cm³/mol. The van der Waals surface area contributed by atoms with Gasteiger partial charge in [-0.25, -0.2) is 9.13 Å². The maximum Gasteiger partial charge on any atom is 0.472 e. The number of hydrogen-bond donors (Lipinski definition) is 3. The molecule has 0 radical (unpaired) electrons. The first kappa shape index (κ1) is 93.1. The highest BCUT2D eigenvalue weighted by molar-refractivity contribution is 7.47. The molecule has 0 spiro atoms. The number of esters is 4. The summed E-state index contributed by atoms with van der Waals surface area (Å²) in [7, 11) is -9.90. The van der Waals surface area contributed by atoms with Gasteiger partial charge in [-0.2, -0.15) is 0 Å². The van der Waals surface area contributed by atoms with Crippen LogP contribution >= 0.6 is 15.6 Å². The van der Waals surface area contributed by atoms with E-state index in [9.17, 15) is 43.2 Å². The van der Waals surface area contributed by atoms with Gasteiger partial charge in [-0.1, -0.05) is 337 Å². The number of carbonyl (C=O) groups excluding carboxylic acids is 4. The molecule has 0 heterocycles. The van der Waals surface area contributed by atoms with Gasteiger partial charge >= 0.3 is 39.5 Å². The second-order valence-electron chi connectivity index (χ2n) is 28.4. The smallest absolute Gasteiger partial charge is 0.462 e. The maximum atomic E-state index is 13.1. The van der Waals surface area contributed by atoms with E-state index in [1.807, 2.05) is 0 Å².